The Morgan fingerprint density at radius 2 is 1.88 bits per heavy atom. The molecule has 0 saturated carbocycles. The van der Waals surface area contributed by atoms with Crippen LogP contribution in [0.2, 0.25) is 0 Å². The van der Waals surface area contributed by atoms with E-state index in [1.54, 1.807) is 0 Å². The van der Waals surface area contributed by atoms with Crippen LogP contribution in [0.4, 0.5) is 15.8 Å². The van der Waals surface area contributed by atoms with E-state index < -0.39 is 22.6 Å². The summed E-state index contributed by atoms with van der Waals surface area (Å²) in [6.45, 7) is 0. The van der Waals surface area contributed by atoms with Crippen molar-refractivity contribution in [2.24, 2.45) is 0 Å². The SMILES string of the molecule is O=C1NC(=S)N(c2ccccc2F)C(=O)/C1=C/c1cccc([N+](=O)[O-])c1. The van der Waals surface area contributed by atoms with E-state index in [-0.39, 0.29) is 27.6 Å². The molecule has 130 valence electrons. The highest BCUT2D eigenvalue weighted by Gasteiger charge is 2.35. The van der Waals surface area contributed by atoms with Crippen molar-refractivity contribution in [2.75, 3.05) is 4.90 Å². The van der Waals surface area contributed by atoms with Crippen LogP contribution >= 0.6 is 12.2 Å². The molecule has 0 spiro atoms. The molecule has 7 nitrogen and oxygen atoms in total. The van der Waals surface area contributed by atoms with E-state index in [0.717, 1.165) is 11.0 Å². The molecule has 26 heavy (non-hydrogen) atoms. The lowest BCUT2D eigenvalue weighted by molar-refractivity contribution is -0.384. The molecule has 0 radical (unpaired) electrons. The predicted molar refractivity (Wildman–Crippen MR) is 95.7 cm³/mol. The Hall–Kier alpha value is -3.46. The van der Waals surface area contributed by atoms with Crippen LogP contribution in [0, 0.1) is 15.9 Å². The maximum Gasteiger partial charge on any atom is 0.270 e. The number of para-hydroxylation sites is 1. The van der Waals surface area contributed by atoms with Crippen LogP contribution in [0.15, 0.2) is 54.1 Å². The number of thiocarbonyl (C=S) groups is 1. The van der Waals surface area contributed by atoms with Crippen LogP contribution in [0.1, 0.15) is 5.56 Å². The number of nitro benzene ring substituents is 1. The monoisotopic (exact) mass is 371 g/mol. The largest absolute Gasteiger partial charge is 0.298 e. The average molecular weight is 371 g/mol. The lowest BCUT2D eigenvalue weighted by Crippen LogP contribution is -2.54. The van der Waals surface area contributed by atoms with Crippen LogP contribution in [0.5, 0.6) is 0 Å². The van der Waals surface area contributed by atoms with Crippen LogP contribution in [0.25, 0.3) is 6.08 Å². The molecule has 0 aromatic heterocycles. The summed E-state index contributed by atoms with van der Waals surface area (Å²) >= 11 is 4.99. The summed E-state index contributed by atoms with van der Waals surface area (Å²) < 4.78 is 14.1. The van der Waals surface area contributed by atoms with E-state index in [0.29, 0.717) is 0 Å². The summed E-state index contributed by atoms with van der Waals surface area (Å²) in [4.78, 5) is 36.0. The zero-order valence-corrected chi connectivity index (χ0v) is 13.8. The fraction of sp³-hybridized carbons (Fsp3) is 0. The lowest BCUT2D eigenvalue weighted by Gasteiger charge is -2.29. The van der Waals surface area contributed by atoms with E-state index >= 15 is 0 Å². The molecule has 0 unspecified atom stereocenters. The Bertz CT molecular complexity index is 989. The number of amides is 2. The van der Waals surface area contributed by atoms with Crippen molar-refractivity contribution < 1.29 is 18.9 Å². The molecular formula is C17H10FN3O4S. The fourth-order valence-electron chi connectivity index (χ4n) is 2.40. The number of nitrogens with one attached hydrogen (secondary N) is 1. The van der Waals surface area contributed by atoms with Crippen molar-refractivity contribution >= 4 is 46.6 Å². The van der Waals surface area contributed by atoms with E-state index in [1.807, 2.05) is 0 Å². The van der Waals surface area contributed by atoms with E-state index in [4.69, 9.17) is 12.2 Å². The molecule has 9 heteroatoms. The molecule has 2 aromatic carbocycles. The number of hydrogen-bond acceptors (Lipinski definition) is 5. The second kappa shape index (κ2) is 6.81. The van der Waals surface area contributed by atoms with Gasteiger partial charge in [0.2, 0.25) is 0 Å². The number of carbonyl (C=O) groups excluding carboxylic acids is 2. The number of nitro groups is 1. The first-order valence-electron chi connectivity index (χ1n) is 7.29. The third kappa shape index (κ3) is 3.20. The lowest BCUT2D eigenvalue weighted by atomic mass is 10.1. The van der Waals surface area contributed by atoms with Crippen molar-refractivity contribution in [3.63, 3.8) is 0 Å². The van der Waals surface area contributed by atoms with E-state index in [9.17, 15) is 24.1 Å². The third-order valence-corrected chi connectivity index (χ3v) is 3.87. The van der Waals surface area contributed by atoms with Crippen molar-refractivity contribution in [1.29, 1.82) is 0 Å². The molecule has 1 N–H and O–H groups in total. The van der Waals surface area contributed by atoms with Crippen LogP contribution in [-0.4, -0.2) is 21.9 Å². The van der Waals surface area contributed by atoms with Crippen molar-refractivity contribution in [3.05, 3.63) is 75.6 Å². The van der Waals surface area contributed by atoms with Gasteiger partial charge in [-0.25, -0.2) is 9.29 Å². The molecule has 1 fully saturated rings. The topological polar surface area (TPSA) is 92.6 Å². The minimum absolute atomic E-state index is 0.104. The molecular weight excluding hydrogens is 361 g/mol. The van der Waals surface area contributed by atoms with Gasteiger partial charge in [0.15, 0.2) is 5.11 Å². The highest BCUT2D eigenvalue weighted by atomic mass is 32.1. The fourth-order valence-corrected chi connectivity index (χ4v) is 2.68. The second-order valence-corrected chi connectivity index (χ2v) is 5.65. The number of non-ortho nitro benzene ring substituents is 1. The number of anilines is 1. The second-order valence-electron chi connectivity index (χ2n) is 5.26. The van der Waals surface area contributed by atoms with Gasteiger partial charge >= 0.3 is 0 Å². The molecule has 1 aliphatic rings. The van der Waals surface area contributed by atoms with Crippen molar-refractivity contribution in [1.82, 2.24) is 5.32 Å². The average Bonchev–Trinajstić information content (AvgIpc) is 2.60. The Morgan fingerprint density at radius 1 is 1.15 bits per heavy atom. The van der Waals surface area contributed by atoms with Gasteiger partial charge < -0.3 is 0 Å². The molecule has 0 aliphatic carbocycles. The van der Waals surface area contributed by atoms with Gasteiger partial charge in [0.1, 0.15) is 11.4 Å². The minimum Gasteiger partial charge on any atom is -0.298 e. The van der Waals surface area contributed by atoms with Gasteiger partial charge in [-0.15, -0.1) is 0 Å². The smallest absolute Gasteiger partial charge is 0.270 e. The Labute approximate surface area is 151 Å². The first kappa shape index (κ1) is 17.4. The normalized spacial score (nSPS) is 16.0. The van der Waals surface area contributed by atoms with Crippen LogP contribution < -0.4 is 10.2 Å². The molecule has 1 heterocycles. The molecule has 2 aromatic rings. The van der Waals surface area contributed by atoms with E-state index in [1.165, 1.54) is 48.5 Å². The Balaban J connectivity index is 2.04. The molecule has 0 atom stereocenters. The summed E-state index contributed by atoms with van der Waals surface area (Å²) in [6, 6.07) is 10.9. The predicted octanol–water partition coefficient (Wildman–Crippen LogP) is 2.57. The number of rotatable bonds is 3. The third-order valence-electron chi connectivity index (χ3n) is 3.59. The quantitative estimate of drug-likeness (QED) is 0.294. The van der Waals surface area contributed by atoms with Gasteiger partial charge in [-0.05, 0) is 36.0 Å². The number of halogens is 1. The zero-order valence-electron chi connectivity index (χ0n) is 13.0. The summed E-state index contributed by atoms with van der Waals surface area (Å²) in [5.74, 6) is -2.27. The zero-order chi connectivity index (χ0) is 18.8. The van der Waals surface area contributed by atoms with Gasteiger partial charge in [-0.1, -0.05) is 24.3 Å². The van der Waals surface area contributed by atoms with Gasteiger partial charge in [0.25, 0.3) is 17.5 Å². The molecule has 3 rings (SSSR count). The van der Waals surface area contributed by atoms with Crippen LogP contribution in [0.3, 0.4) is 0 Å². The van der Waals surface area contributed by atoms with Gasteiger partial charge in [-0.3, -0.25) is 25.0 Å². The highest BCUT2D eigenvalue weighted by molar-refractivity contribution is 7.80. The molecule has 1 saturated heterocycles. The number of hydrogen-bond donors (Lipinski definition) is 1. The number of benzene rings is 2. The summed E-state index contributed by atoms with van der Waals surface area (Å²) in [5, 5.41) is 12.9. The Morgan fingerprint density at radius 3 is 2.58 bits per heavy atom. The highest BCUT2D eigenvalue weighted by Crippen LogP contribution is 2.25. The van der Waals surface area contributed by atoms with Crippen LogP contribution in [-0.2, 0) is 9.59 Å². The van der Waals surface area contributed by atoms with E-state index in [2.05, 4.69) is 5.32 Å². The first-order valence-corrected chi connectivity index (χ1v) is 7.70. The minimum atomic E-state index is -0.824. The Kier molecular flexibility index (Phi) is 4.55. The summed E-state index contributed by atoms with van der Waals surface area (Å²) in [7, 11) is 0. The first-order chi connectivity index (χ1) is 12.4. The molecule has 0 bridgehead atoms. The maximum absolute atomic E-state index is 14.1. The standard InChI is InChI=1S/C17H10FN3O4S/c18-13-6-1-2-7-14(13)20-16(23)12(15(22)19-17(20)26)9-10-4-3-5-11(8-10)21(24)25/h1-9H,(H,19,22,26)/b12-9+. The van der Waals surface area contributed by atoms with Gasteiger partial charge in [0.05, 0.1) is 10.6 Å². The van der Waals surface area contributed by atoms with Gasteiger partial charge in [-0.2, -0.15) is 0 Å². The van der Waals surface area contributed by atoms with Crippen molar-refractivity contribution in [2.45, 2.75) is 0 Å². The maximum atomic E-state index is 14.1. The number of nitrogens with zero attached hydrogens (tertiary/aromatic N) is 2. The van der Waals surface area contributed by atoms with Gasteiger partial charge in [0, 0.05) is 12.1 Å². The van der Waals surface area contributed by atoms with Crippen molar-refractivity contribution in [3.8, 4) is 0 Å². The molecule has 2 amide bonds. The number of carbonyl (C=O) groups is 2. The summed E-state index contributed by atoms with van der Waals surface area (Å²) in [5.41, 5.74) is -0.335. The molecule has 1 aliphatic heterocycles. The summed E-state index contributed by atoms with van der Waals surface area (Å²) in [6.07, 6.45) is 1.19.